The number of hydrogen-bond acceptors (Lipinski definition) is 4. The molecule has 0 aliphatic heterocycles. The topological polar surface area (TPSA) is 81.5 Å². The van der Waals surface area contributed by atoms with Crippen LogP contribution in [0.5, 0.6) is 5.75 Å². The third-order valence-electron chi connectivity index (χ3n) is 3.39. The van der Waals surface area contributed by atoms with Gasteiger partial charge in [-0.2, -0.15) is 0 Å². The first kappa shape index (κ1) is 17.7. The molecular weight excluding hydrogens is 332 g/mol. The Labute approximate surface area is 144 Å². The van der Waals surface area contributed by atoms with Gasteiger partial charge in [0, 0.05) is 17.2 Å². The number of non-ortho nitro benzene ring substituents is 1. The molecule has 0 aromatic heterocycles. The first-order valence-electron chi connectivity index (χ1n) is 7.38. The van der Waals surface area contributed by atoms with Crippen LogP contribution in [0.25, 0.3) is 0 Å². The summed E-state index contributed by atoms with van der Waals surface area (Å²) in [5, 5.41) is 14.1. The molecular formula is C17H17ClN2O4. The van der Waals surface area contributed by atoms with E-state index in [1.165, 1.54) is 24.3 Å². The Morgan fingerprint density at radius 2 is 1.83 bits per heavy atom. The Bertz CT molecular complexity index is 702. The van der Waals surface area contributed by atoms with Crippen molar-refractivity contribution in [3.8, 4) is 5.75 Å². The minimum Gasteiger partial charge on any atom is -0.493 e. The van der Waals surface area contributed by atoms with Gasteiger partial charge in [0.05, 0.1) is 24.0 Å². The number of carbonyl (C=O) groups is 1. The largest absolute Gasteiger partial charge is 0.493 e. The second-order valence-corrected chi connectivity index (χ2v) is 5.63. The molecule has 0 aliphatic carbocycles. The van der Waals surface area contributed by atoms with Crippen molar-refractivity contribution in [1.29, 1.82) is 0 Å². The Morgan fingerprint density at radius 1 is 1.21 bits per heavy atom. The van der Waals surface area contributed by atoms with Crippen LogP contribution in [-0.4, -0.2) is 17.4 Å². The number of nitro benzene ring substituents is 1. The molecule has 2 aromatic rings. The number of ether oxygens (including phenoxy) is 1. The zero-order valence-corrected chi connectivity index (χ0v) is 13.8. The number of benzene rings is 2. The third kappa shape index (κ3) is 5.24. The fourth-order valence-electron chi connectivity index (χ4n) is 2.07. The van der Waals surface area contributed by atoms with E-state index in [4.69, 9.17) is 16.3 Å². The molecule has 1 N–H and O–H groups in total. The second-order valence-electron chi connectivity index (χ2n) is 5.19. The van der Waals surface area contributed by atoms with Crippen LogP contribution in [0.3, 0.4) is 0 Å². The Balaban J connectivity index is 1.76. The zero-order chi connectivity index (χ0) is 17.5. The maximum absolute atomic E-state index is 11.9. The van der Waals surface area contributed by atoms with Crippen LogP contribution in [0.4, 0.5) is 5.69 Å². The van der Waals surface area contributed by atoms with Gasteiger partial charge in [0.2, 0.25) is 5.91 Å². The quantitative estimate of drug-likeness (QED) is 0.607. The smallest absolute Gasteiger partial charge is 0.269 e. The molecule has 0 bridgehead atoms. The van der Waals surface area contributed by atoms with E-state index in [1.54, 1.807) is 12.1 Å². The summed E-state index contributed by atoms with van der Waals surface area (Å²) < 4.78 is 5.41. The zero-order valence-electron chi connectivity index (χ0n) is 13.1. The molecule has 0 radical (unpaired) electrons. The van der Waals surface area contributed by atoms with Gasteiger partial charge in [-0.25, -0.2) is 0 Å². The molecule has 126 valence electrons. The van der Waals surface area contributed by atoms with E-state index < -0.39 is 4.92 Å². The molecule has 7 heteroatoms. The Kier molecular flexibility index (Phi) is 6.14. The summed E-state index contributed by atoms with van der Waals surface area (Å²) in [6.45, 7) is 2.08. The summed E-state index contributed by atoms with van der Waals surface area (Å²) >= 11 is 5.83. The Morgan fingerprint density at radius 3 is 2.42 bits per heavy atom. The van der Waals surface area contributed by atoms with Gasteiger partial charge in [0.15, 0.2) is 0 Å². The first-order valence-corrected chi connectivity index (χ1v) is 7.75. The van der Waals surface area contributed by atoms with E-state index in [1.807, 2.05) is 19.1 Å². The van der Waals surface area contributed by atoms with E-state index in [0.717, 1.165) is 5.56 Å². The summed E-state index contributed by atoms with van der Waals surface area (Å²) in [5.41, 5.74) is 0.959. The normalized spacial score (nSPS) is 11.6. The van der Waals surface area contributed by atoms with E-state index in [-0.39, 0.29) is 30.7 Å². The Hall–Kier alpha value is -2.60. The minimum atomic E-state index is -0.477. The SMILES string of the molecule is CC(NC(=O)CCOc1ccc([N+](=O)[O-])cc1)c1ccc(Cl)cc1. The molecule has 2 aromatic carbocycles. The van der Waals surface area contributed by atoms with Crippen molar-refractivity contribution in [2.45, 2.75) is 19.4 Å². The number of nitro groups is 1. The van der Waals surface area contributed by atoms with E-state index in [9.17, 15) is 14.9 Å². The predicted octanol–water partition coefficient (Wildman–Crippen LogP) is 3.89. The van der Waals surface area contributed by atoms with Crippen LogP contribution >= 0.6 is 11.6 Å². The van der Waals surface area contributed by atoms with E-state index in [2.05, 4.69) is 5.32 Å². The number of nitrogens with one attached hydrogen (secondary N) is 1. The van der Waals surface area contributed by atoms with Gasteiger partial charge in [-0.1, -0.05) is 23.7 Å². The number of rotatable bonds is 7. The van der Waals surface area contributed by atoms with Gasteiger partial charge in [0.1, 0.15) is 5.75 Å². The van der Waals surface area contributed by atoms with Crippen LogP contribution in [-0.2, 0) is 4.79 Å². The number of carbonyl (C=O) groups excluding carboxylic acids is 1. The lowest BCUT2D eigenvalue weighted by molar-refractivity contribution is -0.384. The van der Waals surface area contributed by atoms with Crippen molar-refractivity contribution in [3.05, 3.63) is 69.2 Å². The summed E-state index contributed by atoms with van der Waals surface area (Å²) in [6.07, 6.45) is 0.189. The fourth-order valence-corrected chi connectivity index (χ4v) is 2.20. The molecule has 0 aliphatic rings. The molecule has 24 heavy (non-hydrogen) atoms. The maximum atomic E-state index is 11.9. The fraction of sp³-hybridized carbons (Fsp3) is 0.235. The van der Waals surface area contributed by atoms with Crippen molar-refractivity contribution >= 4 is 23.2 Å². The number of nitrogens with zero attached hydrogens (tertiary/aromatic N) is 1. The highest BCUT2D eigenvalue weighted by atomic mass is 35.5. The van der Waals surface area contributed by atoms with E-state index in [0.29, 0.717) is 10.8 Å². The molecule has 1 amide bonds. The van der Waals surface area contributed by atoms with Gasteiger partial charge in [-0.15, -0.1) is 0 Å². The van der Waals surface area contributed by atoms with Gasteiger partial charge < -0.3 is 10.1 Å². The summed E-state index contributed by atoms with van der Waals surface area (Å²) in [5.74, 6) is 0.346. The molecule has 0 heterocycles. The molecule has 0 saturated heterocycles. The molecule has 1 atom stereocenters. The van der Waals surface area contributed by atoms with Crippen LogP contribution in [0.15, 0.2) is 48.5 Å². The summed E-state index contributed by atoms with van der Waals surface area (Å²) in [4.78, 5) is 22.0. The molecule has 1 unspecified atom stereocenters. The highest BCUT2D eigenvalue weighted by Crippen LogP contribution is 2.18. The van der Waals surface area contributed by atoms with Gasteiger partial charge >= 0.3 is 0 Å². The van der Waals surface area contributed by atoms with Crippen molar-refractivity contribution in [2.24, 2.45) is 0 Å². The predicted molar refractivity (Wildman–Crippen MR) is 91.2 cm³/mol. The third-order valence-corrected chi connectivity index (χ3v) is 3.64. The molecule has 0 saturated carbocycles. The monoisotopic (exact) mass is 348 g/mol. The van der Waals surface area contributed by atoms with Crippen molar-refractivity contribution in [3.63, 3.8) is 0 Å². The molecule has 0 spiro atoms. The van der Waals surface area contributed by atoms with E-state index >= 15 is 0 Å². The highest BCUT2D eigenvalue weighted by Gasteiger charge is 2.10. The standard InChI is InChI=1S/C17H17ClN2O4/c1-12(13-2-4-14(18)5-3-13)19-17(21)10-11-24-16-8-6-15(7-9-16)20(22)23/h2-9,12H,10-11H2,1H3,(H,19,21). The van der Waals surface area contributed by atoms with Gasteiger partial charge in [0.25, 0.3) is 5.69 Å². The van der Waals surface area contributed by atoms with Crippen LogP contribution < -0.4 is 10.1 Å². The molecule has 6 nitrogen and oxygen atoms in total. The number of halogens is 1. The van der Waals surface area contributed by atoms with Crippen molar-refractivity contribution in [2.75, 3.05) is 6.61 Å². The average molecular weight is 349 g/mol. The van der Waals surface area contributed by atoms with Crippen LogP contribution in [0.2, 0.25) is 5.02 Å². The van der Waals surface area contributed by atoms with Gasteiger partial charge in [-0.05, 0) is 36.8 Å². The number of amides is 1. The molecule has 2 rings (SSSR count). The summed E-state index contributed by atoms with van der Waals surface area (Å²) in [7, 11) is 0. The maximum Gasteiger partial charge on any atom is 0.269 e. The first-order chi connectivity index (χ1) is 11.5. The second kappa shape index (κ2) is 8.31. The van der Waals surface area contributed by atoms with Crippen LogP contribution in [0, 0.1) is 10.1 Å². The summed E-state index contributed by atoms with van der Waals surface area (Å²) in [6, 6.07) is 12.9. The lowest BCUT2D eigenvalue weighted by Gasteiger charge is -2.14. The lowest BCUT2D eigenvalue weighted by Crippen LogP contribution is -2.27. The minimum absolute atomic E-state index is 0.00289. The number of hydrogen-bond donors (Lipinski definition) is 1. The van der Waals surface area contributed by atoms with Crippen molar-refractivity contribution < 1.29 is 14.5 Å². The highest BCUT2D eigenvalue weighted by molar-refractivity contribution is 6.30. The van der Waals surface area contributed by atoms with Crippen molar-refractivity contribution in [1.82, 2.24) is 5.32 Å². The van der Waals surface area contributed by atoms with Crippen LogP contribution in [0.1, 0.15) is 24.9 Å². The van der Waals surface area contributed by atoms with Gasteiger partial charge in [-0.3, -0.25) is 14.9 Å². The molecule has 0 fully saturated rings. The average Bonchev–Trinajstić information content (AvgIpc) is 2.55. The lowest BCUT2D eigenvalue weighted by atomic mass is 10.1.